The first-order valence-electron chi connectivity index (χ1n) is 6.15. The fraction of sp³-hybridized carbons (Fsp3) is 0.125. The summed E-state index contributed by atoms with van der Waals surface area (Å²) in [6.45, 7) is 0. The van der Waals surface area contributed by atoms with E-state index in [1.807, 2.05) is 0 Å². The molecule has 2 aromatic carbocycles. The summed E-state index contributed by atoms with van der Waals surface area (Å²) in [5.41, 5.74) is 0.642. The predicted molar refractivity (Wildman–Crippen MR) is 71.3 cm³/mol. The number of ketones is 1. The van der Waals surface area contributed by atoms with Crippen LogP contribution in [0.4, 0.5) is 13.2 Å². The van der Waals surface area contributed by atoms with E-state index in [0.717, 1.165) is 12.1 Å². The number of benzene rings is 2. The van der Waals surface area contributed by atoms with E-state index in [0.29, 0.717) is 23.0 Å². The lowest BCUT2D eigenvalue weighted by molar-refractivity contribution is -0.137. The highest BCUT2D eigenvalue weighted by atomic mass is 19.4. The second kappa shape index (κ2) is 5.91. The molecule has 2 aromatic rings. The van der Waals surface area contributed by atoms with Gasteiger partial charge in [-0.05, 0) is 17.7 Å². The van der Waals surface area contributed by atoms with Gasteiger partial charge in [-0.25, -0.2) is 0 Å². The molecule has 0 N–H and O–H groups in total. The van der Waals surface area contributed by atoms with Gasteiger partial charge in [0.25, 0.3) is 0 Å². The van der Waals surface area contributed by atoms with Crippen molar-refractivity contribution in [2.45, 2.75) is 12.6 Å². The van der Waals surface area contributed by atoms with Gasteiger partial charge in [0, 0.05) is 17.5 Å². The second-order valence-electron chi connectivity index (χ2n) is 4.53. The van der Waals surface area contributed by atoms with Crippen molar-refractivity contribution in [3.05, 3.63) is 70.8 Å². The molecule has 0 aliphatic rings. The maximum absolute atomic E-state index is 12.4. The van der Waals surface area contributed by atoms with Gasteiger partial charge >= 0.3 is 6.18 Å². The first-order chi connectivity index (χ1) is 9.90. The topological polar surface area (TPSA) is 34.1 Å². The van der Waals surface area contributed by atoms with Crippen molar-refractivity contribution in [1.82, 2.24) is 0 Å². The van der Waals surface area contributed by atoms with Gasteiger partial charge in [-0.2, -0.15) is 13.2 Å². The fourth-order valence-electron chi connectivity index (χ4n) is 1.85. The lowest BCUT2D eigenvalue weighted by Crippen LogP contribution is -2.06. The summed E-state index contributed by atoms with van der Waals surface area (Å²) >= 11 is 0. The van der Waals surface area contributed by atoms with Gasteiger partial charge in [0.05, 0.1) is 5.56 Å². The Kier molecular flexibility index (Phi) is 4.21. The van der Waals surface area contributed by atoms with Crippen molar-refractivity contribution in [3.8, 4) is 0 Å². The highest BCUT2D eigenvalue weighted by Gasteiger charge is 2.29. The second-order valence-corrected chi connectivity index (χ2v) is 4.53. The normalized spacial score (nSPS) is 11.2. The molecule has 0 radical (unpaired) electrons. The number of rotatable bonds is 4. The summed E-state index contributed by atoms with van der Waals surface area (Å²) in [4.78, 5) is 22.5. The smallest absolute Gasteiger partial charge is 0.298 e. The Hall–Kier alpha value is -2.43. The third-order valence-electron chi connectivity index (χ3n) is 3.01. The zero-order valence-corrected chi connectivity index (χ0v) is 10.9. The van der Waals surface area contributed by atoms with Crippen molar-refractivity contribution >= 4 is 12.1 Å². The molecule has 21 heavy (non-hydrogen) atoms. The highest BCUT2D eigenvalue weighted by Crippen LogP contribution is 2.29. The molecule has 0 amide bonds. The summed E-state index contributed by atoms with van der Waals surface area (Å²) in [5.74, 6) is -0.216. The van der Waals surface area contributed by atoms with Crippen molar-refractivity contribution in [2.24, 2.45) is 0 Å². The van der Waals surface area contributed by atoms with E-state index in [1.54, 1.807) is 0 Å². The maximum Gasteiger partial charge on any atom is 0.416 e. The van der Waals surface area contributed by atoms with Crippen molar-refractivity contribution in [2.75, 3.05) is 0 Å². The first-order valence-corrected chi connectivity index (χ1v) is 6.15. The highest BCUT2D eigenvalue weighted by molar-refractivity contribution is 5.98. The molecule has 0 bridgehead atoms. The molecule has 2 nitrogen and oxygen atoms in total. The van der Waals surface area contributed by atoms with Crippen LogP contribution < -0.4 is 0 Å². The van der Waals surface area contributed by atoms with E-state index >= 15 is 0 Å². The van der Waals surface area contributed by atoms with E-state index in [-0.39, 0.29) is 12.2 Å². The van der Waals surface area contributed by atoms with E-state index in [9.17, 15) is 22.8 Å². The number of hydrogen-bond acceptors (Lipinski definition) is 2. The quantitative estimate of drug-likeness (QED) is 0.631. The standard InChI is InChI=1S/C16H11F3O2/c17-16(18,19)14-7-3-11(4-8-14)9-15(21)13-5-1-12(10-20)2-6-13/h1-8,10H,9H2. The minimum absolute atomic E-state index is 0.0125. The molecule has 0 saturated heterocycles. The summed E-state index contributed by atoms with van der Waals surface area (Å²) in [6, 6.07) is 10.6. The number of hydrogen-bond donors (Lipinski definition) is 0. The van der Waals surface area contributed by atoms with Gasteiger partial charge in [-0.1, -0.05) is 36.4 Å². The van der Waals surface area contributed by atoms with E-state index in [1.165, 1.54) is 36.4 Å². The maximum atomic E-state index is 12.4. The largest absolute Gasteiger partial charge is 0.416 e. The molecule has 0 fully saturated rings. The monoisotopic (exact) mass is 292 g/mol. The summed E-state index contributed by atoms with van der Waals surface area (Å²) in [7, 11) is 0. The Labute approximate surface area is 119 Å². The van der Waals surface area contributed by atoms with Gasteiger partial charge in [-0.15, -0.1) is 0 Å². The number of halogens is 3. The zero-order chi connectivity index (χ0) is 15.5. The van der Waals surface area contributed by atoms with Crippen LogP contribution in [0.2, 0.25) is 0 Å². The molecule has 0 spiro atoms. The number of Topliss-reactive ketones (excluding diaryl/α,β-unsaturated/α-hetero) is 1. The molecule has 0 aliphatic carbocycles. The molecular weight excluding hydrogens is 281 g/mol. The van der Waals surface area contributed by atoms with E-state index in [2.05, 4.69) is 0 Å². The van der Waals surface area contributed by atoms with Crippen molar-refractivity contribution < 1.29 is 22.8 Å². The Morgan fingerprint density at radius 3 is 2.00 bits per heavy atom. The Morgan fingerprint density at radius 1 is 0.952 bits per heavy atom. The van der Waals surface area contributed by atoms with Gasteiger partial charge in [0.2, 0.25) is 0 Å². The average molecular weight is 292 g/mol. The van der Waals surface area contributed by atoms with Crippen LogP contribution in [-0.2, 0) is 12.6 Å². The number of carbonyl (C=O) groups is 2. The number of alkyl halides is 3. The molecular formula is C16H11F3O2. The Morgan fingerprint density at radius 2 is 1.52 bits per heavy atom. The van der Waals surface area contributed by atoms with E-state index in [4.69, 9.17) is 0 Å². The third kappa shape index (κ3) is 3.78. The average Bonchev–Trinajstić information content (AvgIpc) is 2.47. The summed E-state index contributed by atoms with van der Waals surface area (Å²) in [5, 5.41) is 0. The van der Waals surface area contributed by atoms with Gasteiger partial charge in [0.15, 0.2) is 5.78 Å². The lowest BCUT2D eigenvalue weighted by atomic mass is 10.0. The molecule has 0 heterocycles. The molecule has 0 aromatic heterocycles. The molecule has 0 aliphatic heterocycles. The van der Waals surface area contributed by atoms with Gasteiger partial charge in [-0.3, -0.25) is 9.59 Å². The molecule has 2 rings (SSSR count). The summed E-state index contributed by atoms with van der Waals surface area (Å²) < 4.78 is 37.3. The van der Waals surface area contributed by atoms with Crippen LogP contribution in [-0.4, -0.2) is 12.1 Å². The third-order valence-corrected chi connectivity index (χ3v) is 3.01. The predicted octanol–water partition coefficient (Wildman–Crippen LogP) is 3.94. The van der Waals surface area contributed by atoms with Gasteiger partial charge in [0.1, 0.15) is 6.29 Å². The van der Waals surface area contributed by atoms with Crippen LogP contribution >= 0.6 is 0 Å². The van der Waals surface area contributed by atoms with Crippen LogP contribution in [0.1, 0.15) is 31.8 Å². The Balaban J connectivity index is 2.10. The van der Waals surface area contributed by atoms with Crippen LogP contribution in [0.3, 0.4) is 0 Å². The lowest BCUT2D eigenvalue weighted by Gasteiger charge is -2.07. The minimum atomic E-state index is -4.38. The van der Waals surface area contributed by atoms with Crippen LogP contribution in [0.15, 0.2) is 48.5 Å². The van der Waals surface area contributed by atoms with Crippen LogP contribution in [0.25, 0.3) is 0 Å². The molecule has 5 heteroatoms. The van der Waals surface area contributed by atoms with Crippen LogP contribution in [0.5, 0.6) is 0 Å². The Bertz CT molecular complexity index is 641. The van der Waals surface area contributed by atoms with Crippen molar-refractivity contribution in [1.29, 1.82) is 0 Å². The first kappa shape index (κ1) is 15.0. The fourth-order valence-corrected chi connectivity index (χ4v) is 1.85. The molecule has 0 unspecified atom stereocenters. The number of aldehydes is 1. The molecule has 108 valence electrons. The summed E-state index contributed by atoms with van der Waals surface area (Å²) in [6.07, 6.45) is -3.70. The SMILES string of the molecule is O=Cc1ccc(C(=O)Cc2ccc(C(F)(F)F)cc2)cc1. The minimum Gasteiger partial charge on any atom is -0.298 e. The number of carbonyl (C=O) groups excluding carboxylic acids is 2. The van der Waals surface area contributed by atoms with Crippen molar-refractivity contribution in [3.63, 3.8) is 0 Å². The molecule has 0 saturated carbocycles. The van der Waals surface area contributed by atoms with Gasteiger partial charge < -0.3 is 0 Å². The molecule has 0 atom stereocenters. The van der Waals surface area contributed by atoms with Crippen LogP contribution in [0, 0.1) is 0 Å². The van der Waals surface area contributed by atoms with E-state index < -0.39 is 11.7 Å². The zero-order valence-electron chi connectivity index (χ0n) is 10.9.